The fourth-order valence-corrected chi connectivity index (χ4v) is 5.50. The lowest BCUT2D eigenvalue weighted by Gasteiger charge is -2.52. The highest BCUT2D eigenvalue weighted by atomic mass is 16.7. The molecule has 0 bridgehead atoms. The van der Waals surface area contributed by atoms with Crippen LogP contribution in [0.15, 0.2) is 0 Å². The second kappa shape index (κ2) is 16.8. The minimum absolute atomic E-state index is 0.0676. The van der Waals surface area contributed by atoms with E-state index < -0.39 is 48.3 Å². The third-order valence-corrected chi connectivity index (χ3v) is 8.08. The van der Waals surface area contributed by atoms with Gasteiger partial charge >= 0.3 is 0 Å². The maximum Gasteiger partial charge on any atom is 0.186 e. The summed E-state index contributed by atoms with van der Waals surface area (Å²) in [5.74, 6) is -0.545. The number of aliphatic hydroxyl groups is 3. The Balaban J connectivity index is 3.32. The molecule has 0 saturated carbocycles. The first-order valence-corrected chi connectivity index (χ1v) is 15.0. The maximum absolute atomic E-state index is 11.8. The molecule has 0 spiro atoms. The van der Waals surface area contributed by atoms with E-state index in [9.17, 15) is 15.3 Å². The molecule has 7 unspecified atom stereocenters. The van der Waals surface area contributed by atoms with Gasteiger partial charge in [0.25, 0.3) is 0 Å². The lowest BCUT2D eigenvalue weighted by Crippen LogP contribution is -2.66. The van der Waals surface area contributed by atoms with Gasteiger partial charge in [0.15, 0.2) is 6.29 Å². The summed E-state index contributed by atoms with van der Waals surface area (Å²) in [7, 11) is 6.07. The Morgan fingerprint density at radius 1 is 1.00 bits per heavy atom. The average Bonchev–Trinajstić information content (AvgIpc) is 2.88. The van der Waals surface area contributed by atoms with E-state index in [1.807, 2.05) is 41.9 Å². The van der Waals surface area contributed by atoms with Gasteiger partial charge in [0.05, 0.1) is 64.4 Å². The second-order valence-electron chi connectivity index (χ2n) is 11.9. The van der Waals surface area contributed by atoms with Gasteiger partial charge in [0, 0.05) is 12.5 Å². The van der Waals surface area contributed by atoms with Crippen LogP contribution in [0, 0.1) is 5.92 Å². The molecule has 1 heterocycles. The standard InChI is InChI=1S/C29H61N2O7/c1-11-23(12-2)37-28-25(33)27(35-18-17-30(15-5)16-6)24(29(34,13-3)14-4)26(38-28)21(7)36-20-22(32)19-31(8,9)10/h21-28,32-34H,11-20H2,1-10H3/q+1. The normalized spacial score (nSPS) is 26.8. The van der Waals surface area contributed by atoms with Crippen LogP contribution in [0.5, 0.6) is 0 Å². The Kier molecular flexibility index (Phi) is 15.8. The summed E-state index contributed by atoms with van der Waals surface area (Å²) in [5, 5.41) is 33.9. The third-order valence-electron chi connectivity index (χ3n) is 8.08. The van der Waals surface area contributed by atoms with Crippen LogP contribution in [0.25, 0.3) is 0 Å². The summed E-state index contributed by atoms with van der Waals surface area (Å²) >= 11 is 0. The molecule has 1 rings (SSSR count). The van der Waals surface area contributed by atoms with Crippen molar-refractivity contribution >= 4 is 0 Å². The van der Waals surface area contributed by atoms with E-state index in [1.54, 1.807) is 0 Å². The van der Waals surface area contributed by atoms with Crippen molar-refractivity contribution in [1.82, 2.24) is 4.90 Å². The van der Waals surface area contributed by atoms with Crippen molar-refractivity contribution in [3.8, 4) is 0 Å². The molecule has 0 aromatic rings. The summed E-state index contributed by atoms with van der Waals surface area (Å²) in [6.07, 6.45) is -1.90. The molecular weight excluding hydrogens is 488 g/mol. The summed E-state index contributed by atoms with van der Waals surface area (Å²) < 4.78 is 25.9. The monoisotopic (exact) mass is 549 g/mol. The molecule has 1 saturated heterocycles. The highest BCUT2D eigenvalue weighted by Crippen LogP contribution is 2.41. The largest absolute Gasteiger partial charge is 0.389 e. The Hall–Kier alpha value is -0.360. The highest BCUT2D eigenvalue weighted by molar-refractivity contribution is 5.02. The van der Waals surface area contributed by atoms with Gasteiger partial charge in [-0.1, -0.05) is 41.5 Å². The Bertz CT molecular complexity index is 621. The molecule has 1 fully saturated rings. The molecule has 0 aromatic carbocycles. The quantitative estimate of drug-likeness (QED) is 0.212. The van der Waals surface area contributed by atoms with Crippen molar-refractivity contribution in [3.63, 3.8) is 0 Å². The van der Waals surface area contributed by atoms with Crippen LogP contribution in [-0.2, 0) is 18.9 Å². The maximum atomic E-state index is 11.8. The molecule has 0 amide bonds. The van der Waals surface area contributed by atoms with Gasteiger partial charge < -0.3 is 43.6 Å². The molecule has 9 heteroatoms. The summed E-state index contributed by atoms with van der Waals surface area (Å²) in [5.41, 5.74) is -1.13. The smallest absolute Gasteiger partial charge is 0.186 e. The fraction of sp³-hybridized carbons (Fsp3) is 1.00. The molecule has 9 nitrogen and oxygen atoms in total. The van der Waals surface area contributed by atoms with Crippen molar-refractivity contribution in [2.24, 2.45) is 5.92 Å². The molecule has 3 N–H and O–H groups in total. The van der Waals surface area contributed by atoms with Crippen LogP contribution >= 0.6 is 0 Å². The van der Waals surface area contributed by atoms with E-state index in [0.29, 0.717) is 30.5 Å². The van der Waals surface area contributed by atoms with Gasteiger partial charge in [-0.2, -0.15) is 0 Å². The lowest BCUT2D eigenvalue weighted by molar-refractivity contribution is -0.873. The number of nitrogens with zero attached hydrogens (tertiary/aromatic N) is 2. The van der Waals surface area contributed by atoms with E-state index in [4.69, 9.17) is 18.9 Å². The zero-order valence-electron chi connectivity index (χ0n) is 26.1. The molecule has 0 aromatic heterocycles. The predicted molar refractivity (Wildman–Crippen MR) is 151 cm³/mol. The average molecular weight is 550 g/mol. The molecule has 1 aliphatic rings. The zero-order chi connectivity index (χ0) is 29.1. The predicted octanol–water partition coefficient (Wildman–Crippen LogP) is 2.64. The first-order valence-electron chi connectivity index (χ1n) is 15.0. The van der Waals surface area contributed by atoms with Gasteiger partial charge in [0.2, 0.25) is 0 Å². The number of hydrogen-bond acceptors (Lipinski definition) is 8. The van der Waals surface area contributed by atoms with Crippen LogP contribution < -0.4 is 0 Å². The van der Waals surface area contributed by atoms with Crippen molar-refractivity contribution in [3.05, 3.63) is 0 Å². The topological polar surface area (TPSA) is 101 Å². The number of quaternary nitrogens is 1. The zero-order valence-corrected chi connectivity index (χ0v) is 26.1. The lowest BCUT2D eigenvalue weighted by atomic mass is 9.71. The van der Waals surface area contributed by atoms with Crippen LogP contribution in [-0.4, -0.2) is 134 Å². The van der Waals surface area contributed by atoms with E-state index in [0.717, 1.165) is 32.5 Å². The first-order chi connectivity index (χ1) is 17.8. The molecule has 7 atom stereocenters. The molecule has 228 valence electrons. The van der Waals surface area contributed by atoms with Crippen molar-refractivity contribution in [1.29, 1.82) is 0 Å². The summed E-state index contributed by atoms with van der Waals surface area (Å²) in [4.78, 5) is 2.27. The van der Waals surface area contributed by atoms with Crippen molar-refractivity contribution in [2.45, 2.75) is 123 Å². The van der Waals surface area contributed by atoms with Crippen molar-refractivity contribution < 1.29 is 38.8 Å². The number of rotatable bonds is 19. The fourth-order valence-electron chi connectivity index (χ4n) is 5.50. The van der Waals surface area contributed by atoms with Crippen molar-refractivity contribution in [2.75, 3.05) is 60.5 Å². The minimum atomic E-state index is -1.13. The van der Waals surface area contributed by atoms with E-state index in [-0.39, 0.29) is 12.7 Å². The summed E-state index contributed by atoms with van der Waals surface area (Å²) in [6.45, 7) is 17.8. The van der Waals surface area contributed by atoms with Gasteiger partial charge in [-0.05, 0) is 45.7 Å². The van der Waals surface area contributed by atoms with Crippen LogP contribution in [0.4, 0.5) is 0 Å². The molecule has 0 radical (unpaired) electrons. The van der Waals surface area contributed by atoms with Gasteiger partial charge in [-0.3, -0.25) is 0 Å². The Labute approximate surface area is 233 Å². The summed E-state index contributed by atoms with van der Waals surface area (Å²) in [6, 6.07) is 0. The molecule has 0 aliphatic carbocycles. The Morgan fingerprint density at radius 3 is 2.05 bits per heavy atom. The van der Waals surface area contributed by atoms with E-state index >= 15 is 0 Å². The highest BCUT2D eigenvalue weighted by Gasteiger charge is 2.55. The number of ether oxygens (including phenoxy) is 4. The van der Waals surface area contributed by atoms with Crippen LogP contribution in [0.1, 0.15) is 74.1 Å². The second-order valence-corrected chi connectivity index (χ2v) is 11.9. The molecule has 1 aliphatic heterocycles. The Morgan fingerprint density at radius 2 is 1.58 bits per heavy atom. The number of likely N-dealkylation sites (N-methyl/N-ethyl adjacent to an activating group) is 2. The minimum Gasteiger partial charge on any atom is -0.389 e. The van der Waals surface area contributed by atoms with Gasteiger partial charge in [-0.15, -0.1) is 0 Å². The first kappa shape index (κ1) is 35.7. The van der Waals surface area contributed by atoms with Crippen LogP contribution in [0.2, 0.25) is 0 Å². The van der Waals surface area contributed by atoms with Gasteiger partial charge in [-0.25, -0.2) is 0 Å². The van der Waals surface area contributed by atoms with Gasteiger partial charge in [0.1, 0.15) is 18.8 Å². The molecule has 38 heavy (non-hydrogen) atoms. The number of aliphatic hydroxyl groups excluding tert-OH is 2. The molecular formula is C29H61N2O7+. The van der Waals surface area contributed by atoms with E-state index in [2.05, 4.69) is 32.6 Å². The van der Waals surface area contributed by atoms with E-state index in [1.165, 1.54) is 0 Å². The SMILES string of the molecule is CCC(CC)OC1OC(C(C)OCC(O)C[N+](C)(C)C)C(C(O)(CC)CC)C(OCCN(CC)CC)C1O. The third kappa shape index (κ3) is 10.6. The van der Waals surface area contributed by atoms with Crippen LogP contribution in [0.3, 0.4) is 0 Å². The number of hydrogen-bond donors (Lipinski definition) is 3.